The highest BCUT2D eigenvalue weighted by Gasteiger charge is 2.27. The molecule has 1 atom stereocenters. The molecule has 2 aromatic heterocycles. The zero-order valence-corrected chi connectivity index (χ0v) is 10.8. The van der Waals surface area contributed by atoms with Crippen molar-refractivity contribution < 1.29 is 0 Å². The summed E-state index contributed by atoms with van der Waals surface area (Å²) < 4.78 is 0. The van der Waals surface area contributed by atoms with Crippen LogP contribution in [-0.2, 0) is 6.54 Å². The molecule has 1 aliphatic carbocycles. The van der Waals surface area contributed by atoms with Crippen molar-refractivity contribution in [2.24, 2.45) is 5.92 Å². The topological polar surface area (TPSA) is 40.7 Å². The Hall–Kier alpha value is -1.13. The average Bonchev–Trinajstić information content (AvgIpc) is 2.88. The van der Waals surface area contributed by atoms with Gasteiger partial charge < -0.3 is 5.32 Å². The molecule has 3 nitrogen and oxygen atoms in total. The van der Waals surface area contributed by atoms with Crippen LogP contribution in [0.1, 0.15) is 25.3 Å². The van der Waals surface area contributed by atoms with E-state index in [1.807, 2.05) is 6.20 Å². The van der Waals surface area contributed by atoms with E-state index in [2.05, 4.69) is 40.0 Å². The number of thiophene rings is 1. The molecule has 1 fully saturated rings. The molecule has 0 saturated heterocycles. The first-order valence-corrected chi connectivity index (χ1v) is 7.02. The zero-order valence-electron chi connectivity index (χ0n) is 9.94. The second-order valence-electron chi connectivity index (χ2n) is 4.75. The van der Waals surface area contributed by atoms with Crippen LogP contribution in [0.25, 0.3) is 10.6 Å². The monoisotopic (exact) mass is 247 g/mol. The predicted octanol–water partition coefficient (Wildman–Crippen LogP) is 3.03. The van der Waals surface area contributed by atoms with Crippen LogP contribution >= 0.6 is 11.3 Å². The Kier molecular flexibility index (Phi) is 2.99. The Morgan fingerprint density at radius 1 is 1.59 bits per heavy atom. The van der Waals surface area contributed by atoms with E-state index in [-0.39, 0.29) is 0 Å². The van der Waals surface area contributed by atoms with E-state index in [0.717, 1.165) is 18.2 Å². The molecule has 4 heteroatoms. The maximum atomic E-state index is 4.16. The number of hydrogen-bond donors (Lipinski definition) is 2. The number of nitrogens with one attached hydrogen (secondary N) is 2. The van der Waals surface area contributed by atoms with E-state index < -0.39 is 0 Å². The van der Waals surface area contributed by atoms with Gasteiger partial charge in [0, 0.05) is 18.2 Å². The van der Waals surface area contributed by atoms with E-state index >= 15 is 0 Å². The fourth-order valence-corrected chi connectivity index (χ4v) is 2.87. The van der Waals surface area contributed by atoms with Gasteiger partial charge in [0.1, 0.15) is 0 Å². The van der Waals surface area contributed by atoms with Crippen LogP contribution in [0.15, 0.2) is 23.7 Å². The summed E-state index contributed by atoms with van der Waals surface area (Å²) in [7, 11) is 0. The SMILES string of the molecule is CC(NCc1cn[nH]c1-c1cccs1)C1CC1. The molecule has 1 unspecified atom stereocenters. The minimum atomic E-state index is 0.626. The predicted molar refractivity (Wildman–Crippen MR) is 70.9 cm³/mol. The molecule has 1 saturated carbocycles. The van der Waals surface area contributed by atoms with Crippen LogP contribution in [0.2, 0.25) is 0 Å². The molecule has 0 radical (unpaired) electrons. The van der Waals surface area contributed by atoms with Gasteiger partial charge in [0.15, 0.2) is 0 Å². The Balaban J connectivity index is 1.68. The van der Waals surface area contributed by atoms with E-state index in [1.54, 1.807) is 11.3 Å². The highest BCUT2D eigenvalue weighted by molar-refractivity contribution is 7.13. The fraction of sp³-hybridized carbons (Fsp3) is 0.462. The minimum Gasteiger partial charge on any atom is -0.310 e. The number of aromatic nitrogens is 2. The summed E-state index contributed by atoms with van der Waals surface area (Å²) in [4.78, 5) is 1.26. The molecular formula is C13H17N3S. The molecule has 2 N–H and O–H groups in total. The lowest BCUT2D eigenvalue weighted by atomic mass is 10.2. The van der Waals surface area contributed by atoms with Crippen molar-refractivity contribution in [1.29, 1.82) is 0 Å². The van der Waals surface area contributed by atoms with E-state index in [0.29, 0.717) is 6.04 Å². The second-order valence-corrected chi connectivity index (χ2v) is 5.70. The lowest BCUT2D eigenvalue weighted by molar-refractivity contribution is 0.496. The quantitative estimate of drug-likeness (QED) is 0.852. The van der Waals surface area contributed by atoms with Crippen LogP contribution in [0, 0.1) is 5.92 Å². The van der Waals surface area contributed by atoms with Gasteiger partial charge in [-0.05, 0) is 37.1 Å². The Bertz CT molecular complexity index is 471. The summed E-state index contributed by atoms with van der Waals surface area (Å²) in [5.74, 6) is 0.895. The molecule has 0 bridgehead atoms. The van der Waals surface area contributed by atoms with Gasteiger partial charge in [0.25, 0.3) is 0 Å². The van der Waals surface area contributed by atoms with Crippen molar-refractivity contribution in [3.63, 3.8) is 0 Å². The highest BCUT2D eigenvalue weighted by Crippen LogP contribution is 2.32. The van der Waals surface area contributed by atoms with Crippen LogP contribution in [0.5, 0.6) is 0 Å². The van der Waals surface area contributed by atoms with Gasteiger partial charge in [-0.1, -0.05) is 6.07 Å². The molecule has 2 aromatic rings. The smallest absolute Gasteiger partial charge is 0.0794 e. The molecule has 0 spiro atoms. The van der Waals surface area contributed by atoms with Gasteiger partial charge >= 0.3 is 0 Å². The third-order valence-electron chi connectivity index (χ3n) is 3.43. The minimum absolute atomic E-state index is 0.626. The first-order valence-electron chi connectivity index (χ1n) is 6.14. The maximum absolute atomic E-state index is 4.16. The summed E-state index contributed by atoms with van der Waals surface area (Å²) in [6, 6.07) is 4.83. The Morgan fingerprint density at radius 3 is 3.18 bits per heavy atom. The summed E-state index contributed by atoms with van der Waals surface area (Å²) in [6.45, 7) is 3.18. The lowest BCUT2D eigenvalue weighted by Crippen LogP contribution is -2.27. The summed E-state index contributed by atoms with van der Waals surface area (Å²) in [5, 5.41) is 12.9. The largest absolute Gasteiger partial charge is 0.310 e. The number of nitrogens with zero attached hydrogens (tertiary/aromatic N) is 1. The van der Waals surface area contributed by atoms with Gasteiger partial charge in [-0.15, -0.1) is 11.3 Å². The molecule has 3 rings (SSSR count). The average molecular weight is 247 g/mol. The van der Waals surface area contributed by atoms with Gasteiger partial charge in [0.2, 0.25) is 0 Å². The molecule has 0 aromatic carbocycles. The number of hydrogen-bond acceptors (Lipinski definition) is 3. The molecule has 2 heterocycles. The normalized spacial score (nSPS) is 17.2. The molecular weight excluding hydrogens is 230 g/mol. The summed E-state index contributed by atoms with van der Waals surface area (Å²) >= 11 is 1.75. The number of aromatic amines is 1. The van der Waals surface area contributed by atoms with Crippen molar-refractivity contribution in [1.82, 2.24) is 15.5 Å². The first-order chi connectivity index (χ1) is 8.34. The van der Waals surface area contributed by atoms with E-state index in [9.17, 15) is 0 Å². The van der Waals surface area contributed by atoms with Crippen molar-refractivity contribution in [2.75, 3.05) is 0 Å². The van der Waals surface area contributed by atoms with Crippen LogP contribution < -0.4 is 5.32 Å². The van der Waals surface area contributed by atoms with Crippen LogP contribution in [0.3, 0.4) is 0 Å². The Labute approximate surface area is 105 Å². The van der Waals surface area contributed by atoms with Gasteiger partial charge in [-0.2, -0.15) is 5.10 Å². The standard InChI is InChI=1S/C13H17N3S/c1-9(10-4-5-10)14-7-11-8-15-16-13(11)12-3-2-6-17-12/h2-3,6,8-10,14H,4-5,7H2,1H3,(H,15,16). The highest BCUT2D eigenvalue weighted by atomic mass is 32.1. The van der Waals surface area contributed by atoms with Crippen molar-refractivity contribution in [2.45, 2.75) is 32.4 Å². The van der Waals surface area contributed by atoms with Crippen molar-refractivity contribution >= 4 is 11.3 Å². The summed E-state index contributed by atoms with van der Waals surface area (Å²) in [5.41, 5.74) is 2.43. The van der Waals surface area contributed by atoms with Gasteiger partial charge in [-0.25, -0.2) is 0 Å². The third kappa shape index (κ3) is 2.42. The molecule has 17 heavy (non-hydrogen) atoms. The van der Waals surface area contributed by atoms with Crippen LogP contribution in [0.4, 0.5) is 0 Å². The third-order valence-corrected chi connectivity index (χ3v) is 4.32. The van der Waals surface area contributed by atoms with Crippen LogP contribution in [-0.4, -0.2) is 16.2 Å². The molecule has 90 valence electrons. The van der Waals surface area contributed by atoms with Crippen molar-refractivity contribution in [3.8, 4) is 10.6 Å². The molecule has 0 amide bonds. The maximum Gasteiger partial charge on any atom is 0.0794 e. The second kappa shape index (κ2) is 4.63. The first kappa shape index (κ1) is 11.0. The number of rotatable bonds is 5. The summed E-state index contributed by atoms with van der Waals surface area (Å²) in [6.07, 6.45) is 4.70. The fourth-order valence-electron chi connectivity index (χ4n) is 2.11. The molecule has 0 aliphatic heterocycles. The number of H-pyrrole nitrogens is 1. The van der Waals surface area contributed by atoms with Gasteiger partial charge in [0.05, 0.1) is 16.8 Å². The van der Waals surface area contributed by atoms with Gasteiger partial charge in [-0.3, -0.25) is 5.10 Å². The zero-order chi connectivity index (χ0) is 11.7. The van der Waals surface area contributed by atoms with E-state index in [1.165, 1.54) is 23.3 Å². The Morgan fingerprint density at radius 2 is 2.47 bits per heavy atom. The van der Waals surface area contributed by atoms with Crippen molar-refractivity contribution in [3.05, 3.63) is 29.3 Å². The molecule has 1 aliphatic rings. The lowest BCUT2D eigenvalue weighted by Gasteiger charge is -2.12. The van der Waals surface area contributed by atoms with E-state index in [4.69, 9.17) is 0 Å².